The number of rotatable bonds is 22. The van der Waals surface area contributed by atoms with Crippen molar-refractivity contribution in [1.82, 2.24) is 5.32 Å². The summed E-state index contributed by atoms with van der Waals surface area (Å²) >= 11 is 0. The van der Waals surface area contributed by atoms with E-state index in [1.807, 2.05) is 27.7 Å². The minimum absolute atomic E-state index is 0.351. The molecule has 1 amide bonds. The first-order valence-corrected chi connectivity index (χ1v) is 15.4. The molecule has 0 bridgehead atoms. The predicted octanol–water partition coefficient (Wildman–Crippen LogP) is 3.95. The molecule has 0 aliphatic heterocycles. The fraction of sp³-hybridized carbons (Fsp3) is 0.630. The van der Waals surface area contributed by atoms with E-state index in [4.69, 9.17) is 27.5 Å². The van der Waals surface area contributed by atoms with Gasteiger partial charge in [-0.1, -0.05) is 12.1 Å². The molecule has 0 aliphatic rings. The van der Waals surface area contributed by atoms with Gasteiger partial charge in [-0.2, -0.15) is 0 Å². The third kappa shape index (κ3) is 14.4. The molecule has 0 heterocycles. The Bertz CT molecular complexity index is 818. The standard InChI is InChI=1S/C27H45NO9Si/c1-5-32-24-16-14-23(15-17-26(29)30)22-25(24)33-19-11-9-10-12-20-34-27(31)28-18-13-21-38(35-6-2,36-7-3)37-8-4/h14-17,22H,5-13,18-21H2,1-4H3,(H,28,31)(H,29,30)/p-1/b17-15+. The lowest BCUT2D eigenvalue weighted by Crippen LogP contribution is -2.46. The lowest BCUT2D eigenvalue weighted by molar-refractivity contribution is -0.297. The number of alkyl carbamates (subject to hydrolysis) is 1. The van der Waals surface area contributed by atoms with E-state index in [-0.39, 0.29) is 0 Å². The molecule has 11 heteroatoms. The number of ether oxygens (including phenoxy) is 3. The fourth-order valence-electron chi connectivity index (χ4n) is 3.63. The van der Waals surface area contributed by atoms with E-state index in [0.717, 1.165) is 31.8 Å². The second-order valence-corrected chi connectivity index (χ2v) is 10.9. The Morgan fingerprint density at radius 1 is 0.842 bits per heavy atom. The van der Waals surface area contributed by atoms with Crippen molar-refractivity contribution in [2.75, 3.05) is 46.2 Å². The lowest BCUT2D eigenvalue weighted by Gasteiger charge is -2.28. The highest BCUT2D eigenvalue weighted by molar-refractivity contribution is 6.60. The van der Waals surface area contributed by atoms with Crippen LogP contribution in [0.25, 0.3) is 6.08 Å². The topological polar surface area (TPSA) is 125 Å². The van der Waals surface area contributed by atoms with Crippen LogP contribution in [0.1, 0.15) is 65.4 Å². The molecule has 0 spiro atoms. The van der Waals surface area contributed by atoms with Gasteiger partial charge in [0.2, 0.25) is 0 Å². The van der Waals surface area contributed by atoms with Crippen LogP contribution in [0.15, 0.2) is 24.3 Å². The maximum absolute atomic E-state index is 11.9. The van der Waals surface area contributed by atoms with Crippen LogP contribution < -0.4 is 19.9 Å². The SMILES string of the molecule is CCOc1ccc(/C=C/C(=O)[O-])cc1OCCCCCCOC(=O)NCCC[Si](OCC)(OCC)OCC. The molecule has 216 valence electrons. The number of hydrogen-bond acceptors (Lipinski definition) is 9. The van der Waals surface area contributed by atoms with Crippen LogP contribution in [0, 0.1) is 0 Å². The molecule has 0 atom stereocenters. The van der Waals surface area contributed by atoms with Crippen LogP contribution in [0.2, 0.25) is 6.04 Å². The molecular weight excluding hydrogens is 510 g/mol. The molecule has 0 aromatic heterocycles. The highest BCUT2D eigenvalue weighted by Gasteiger charge is 2.39. The van der Waals surface area contributed by atoms with Gasteiger partial charge in [0.15, 0.2) is 11.5 Å². The monoisotopic (exact) mass is 554 g/mol. The molecule has 0 fully saturated rings. The fourth-order valence-corrected chi connectivity index (χ4v) is 6.24. The normalized spacial score (nSPS) is 11.5. The van der Waals surface area contributed by atoms with Gasteiger partial charge in [-0.25, -0.2) is 4.79 Å². The van der Waals surface area contributed by atoms with E-state index in [9.17, 15) is 14.7 Å². The van der Waals surface area contributed by atoms with Crippen molar-refractivity contribution >= 4 is 26.9 Å². The number of carboxylic acids is 1. The first-order valence-electron chi connectivity index (χ1n) is 13.5. The molecule has 0 radical (unpaired) electrons. The van der Waals surface area contributed by atoms with Crippen molar-refractivity contribution in [2.45, 2.75) is 65.8 Å². The number of carbonyl (C=O) groups excluding carboxylic acids is 2. The summed E-state index contributed by atoms with van der Waals surface area (Å²) in [5.41, 5.74) is 0.683. The second kappa shape index (κ2) is 20.4. The van der Waals surface area contributed by atoms with Gasteiger partial charge in [0.25, 0.3) is 0 Å². The van der Waals surface area contributed by atoms with E-state index in [2.05, 4.69) is 5.32 Å². The summed E-state index contributed by atoms with van der Waals surface area (Å²) < 4.78 is 34.1. The third-order valence-electron chi connectivity index (χ3n) is 5.23. The Morgan fingerprint density at radius 2 is 1.50 bits per heavy atom. The van der Waals surface area contributed by atoms with Gasteiger partial charge in [-0.15, -0.1) is 0 Å². The number of carbonyl (C=O) groups is 2. The van der Waals surface area contributed by atoms with Gasteiger partial charge in [-0.3, -0.25) is 0 Å². The summed E-state index contributed by atoms with van der Waals surface area (Å²) in [5, 5.41) is 13.4. The minimum atomic E-state index is -2.69. The number of carboxylic acid groups (broad SMARTS) is 1. The van der Waals surface area contributed by atoms with Gasteiger partial charge in [0.1, 0.15) is 0 Å². The molecule has 1 aromatic carbocycles. The maximum Gasteiger partial charge on any atom is 0.500 e. The van der Waals surface area contributed by atoms with Crippen molar-refractivity contribution in [3.63, 3.8) is 0 Å². The second-order valence-electron chi connectivity index (χ2n) is 8.20. The molecule has 1 rings (SSSR count). The van der Waals surface area contributed by atoms with Crippen molar-refractivity contribution in [2.24, 2.45) is 0 Å². The predicted molar refractivity (Wildman–Crippen MR) is 145 cm³/mol. The van der Waals surface area contributed by atoms with Crippen LogP contribution in [0.5, 0.6) is 11.5 Å². The quantitative estimate of drug-likeness (QED) is 0.129. The van der Waals surface area contributed by atoms with Crippen LogP contribution in [-0.4, -0.2) is 67.1 Å². The Labute approximate surface area is 228 Å². The summed E-state index contributed by atoms with van der Waals surface area (Å²) in [6.07, 6.45) is 6.07. The van der Waals surface area contributed by atoms with Gasteiger partial charge in [-0.05, 0) is 83.6 Å². The molecule has 1 N–H and O–H groups in total. The number of nitrogens with one attached hydrogen (secondary N) is 1. The summed E-state index contributed by atoms with van der Waals surface area (Å²) in [6, 6.07) is 5.89. The van der Waals surface area contributed by atoms with E-state index < -0.39 is 20.9 Å². The molecule has 0 saturated heterocycles. The lowest BCUT2D eigenvalue weighted by atomic mass is 10.2. The zero-order chi connectivity index (χ0) is 28.1. The average molecular weight is 555 g/mol. The molecule has 38 heavy (non-hydrogen) atoms. The van der Waals surface area contributed by atoms with Gasteiger partial charge >= 0.3 is 14.9 Å². The average Bonchev–Trinajstić information content (AvgIpc) is 2.88. The first kappa shape index (κ1) is 33.4. The van der Waals surface area contributed by atoms with Crippen molar-refractivity contribution in [1.29, 1.82) is 0 Å². The van der Waals surface area contributed by atoms with Crippen LogP contribution in [0.4, 0.5) is 4.79 Å². The minimum Gasteiger partial charge on any atom is -0.545 e. The van der Waals surface area contributed by atoms with Crippen molar-refractivity contribution < 1.29 is 42.2 Å². The van der Waals surface area contributed by atoms with Crippen LogP contribution in [-0.2, 0) is 22.8 Å². The Balaban J connectivity index is 2.24. The van der Waals surface area contributed by atoms with Crippen molar-refractivity contribution in [3.05, 3.63) is 29.8 Å². The van der Waals surface area contributed by atoms with Crippen LogP contribution in [0.3, 0.4) is 0 Å². The third-order valence-corrected chi connectivity index (χ3v) is 8.38. The number of unbranched alkanes of at least 4 members (excludes halogenated alkanes) is 3. The largest absolute Gasteiger partial charge is 0.545 e. The number of hydrogen-bond donors (Lipinski definition) is 1. The summed E-state index contributed by atoms with van der Waals surface area (Å²) in [7, 11) is -2.69. The van der Waals surface area contributed by atoms with Crippen LogP contribution >= 0.6 is 0 Å². The highest BCUT2D eigenvalue weighted by Crippen LogP contribution is 2.29. The molecule has 10 nitrogen and oxygen atoms in total. The van der Waals surface area contributed by atoms with Gasteiger partial charge in [0, 0.05) is 32.4 Å². The smallest absolute Gasteiger partial charge is 0.500 e. The van der Waals surface area contributed by atoms with Crippen molar-refractivity contribution in [3.8, 4) is 11.5 Å². The maximum atomic E-state index is 11.9. The molecule has 0 unspecified atom stereocenters. The molecule has 1 aromatic rings. The van der Waals surface area contributed by atoms with Gasteiger partial charge in [0.05, 0.1) is 25.8 Å². The Hall–Kier alpha value is -2.60. The van der Waals surface area contributed by atoms with E-state index in [1.165, 1.54) is 6.08 Å². The first-order chi connectivity index (χ1) is 18.4. The zero-order valence-corrected chi connectivity index (χ0v) is 24.3. The summed E-state index contributed by atoms with van der Waals surface area (Å²) in [6.45, 7) is 11.0. The van der Waals surface area contributed by atoms with Gasteiger partial charge < -0.3 is 42.7 Å². The number of benzene rings is 1. The zero-order valence-electron chi connectivity index (χ0n) is 23.3. The number of amides is 1. The summed E-state index contributed by atoms with van der Waals surface area (Å²) in [5.74, 6) is -0.0804. The summed E-state index contributed by atoms with van der Waals surface area (Å²) in [4.78, 5) is 22.6. The molecule has 0 saturated carbocycles. The molecule has 0 aliphatic carbocycles. The van der Waals surface area contributed by atoms with E-state index in [1.54, 1.807) is 18.2 Å². The van der Waals surface area contributed by atoms with E-state index >= 15 is 0 Å². The number of aliphatic carboxylic acids is 1. The Kier molecular flexibility index (Phi) is 17.9. The van der Waals surface area contributed by atoms with E-state index in [0.29, 0.717) is 75.7 Å². The molecular formula is C27H44NO9Si-. The highest BCUT2D eigenvalue weighted by atomic mass is 28.4. The Morgan fingerprint density at radius 3 is 2.11 bits per heavy atom.